The van der Waals surface area contributed by atoms with Crippen molar-refractivity contribution in [2.45, 2.75) is 12.8 Å². The molecule has 0 aliphatic rings. The number of anilines is 1. The molecule has 0 heterocycles. The van der Waals surface area contributed by atoms with E-state index in [0.29, 0.717) is 5.69 Å². The maximum atomic E-state index is 10.8. The molecule has 0 atom stereocenters. The third-order valence-electron chi connectivity index (χ3n) is 2.14. The summed E-state index contributed by atoms with van der Waals surface area (Å²) in [6.07, 6.45) is 0. The molecule has 4 heteroatoms. The van der Waals surface area contributed by atoms with E-state index in [1.165, 1.54) is 6.92 Å². The molecule has 0 fully saturated rings. The van der Waals surface area contributed by atoms with E-state index < -0.39 is 0 Å². The number of rotatable bonds is 4. The van der Waals surface area contributed by atoms with Crippen LogP contribution in [-0.4, -0.2) is 29.3 Å². The van der Waals surface area contributed by atoms with Gasteiger partial charge in [0.15, 0.2) is 0 Å². The number of hydrogen-bond donors (Lipinski definition) is 3. The minimum absolute atomic E-state index is 0.0873. The monoisotopic (exact) mass is 209 g/mol. The predicted octanol–water partition coefficient (Wildman–Crippen LogP) is 0.713. The Labute approximate surface area is 88.6 Å². The lowest BCUT2D eigenvalue weighted by Gasteiger charge is -2.11. The van der Waals surface area contributed by atoms with Crippen LogP contribution in [0.3, 0.4) is 0 Å². The van der Waals surface area contributed by atoms with Crippen LogP contribution < -0.4 is 5.32 Å². The molecule has 0 saturated carbocycles. The number of nitrogens with one attached hydrogen (secondary N) is 1. The normalized spacial score (nSPS) is 10.4. The molecule has 1 aromatic carbocycles. The molecule has 0 aliphatic carbocycles. The van der Waals surface area contributed by atoms with Gasteiger partial charge in [-0.25, -0.2) is 0 Å². The summed E-state index contributed by atoms with van der Waals surface area (Å²) in [7, 11) is 0. The zero-order valence-electron chi connectivity index (χ0n) is 8.60. The van der Waals surface area contributed by atoms with Crippen LogP contribution in [0.25, 0.3) is 0 Å². The highest BCUT2D eigenvalue weighted by Crippen LogP contribution is 2.17. The molecule has 0 aliphatic heterocycles. The van der Waals surface area contributed by atoms with Crippen LogP contribution in [0.4, 0.5) is 5.69 Å². The average molecular weight is 209 g/mol. The first-order valence-electron chi connectivity index (χ1n) is 4.76. The molecule has 0 bridgehead atoms. The van der Waals surface area contributed by atoms with Gasteiger partial charge in [-0.3, -0.25) is 4.79 Å². The van der Waals surface area contributed by atoms with Crippen molar-refractivity contribution in [3.8, 4) is 0 Å². The van der Waals surface area contributed by atoms with Gasteiger partial charge in [0.1, 0.15) is 0 Å². The first-order chi connectivity index (χ1) is 7.17. The van der Waals surface area contributed by atoms with E-state index in [4.69, 9.17) is 10.2 Å². The van der Waals surface area contributed by atoms with Crippen molar-refractivity contribution in [2.75, 3.05) is 18.5 Å². The number of carbonyl (C=O) groups excluding carboxylic acids is 1. The molecule has 0 saturated heterocycles. The van der Waals surface area contributed by atoms with E-state index >= 15 is 0 Å². The topological polar surface area (TPSA) is 69.6 Å². The Morgan fingerprint density at radius 3 is 2.20 bits per heavy atom. The van der Waals surface area contributed by atoms with Crippen LogP contribution in [0.2, 0.25) is 0 Å². The minimum atomic E-state index is -0.253. The molecule has 3 N–H and O–H groups in total. The van der Waals surface area contributed by atoms with Gasteiger partial charge in [-0.1, -0.05) is 12.1 Å². The van der Waals surface area contributed by atoms with Crippen LogP contribution in [-0.2, 0) is 4.79 Å². The fourth-order valence-corrected chi connectivity index (χ4v) is 1.31. The van der Waals surface area contributed by atoms with Crippen LogP contribution in [0.15, 0.2) is 24.3 Å². The molecule has 1 rings (SSSR count). The largest absolute Gasteiger partial charge is 0.396 e. The lowest BCUT2D eigenvalue weighted by atomic mass is 10.0. The Hall–Kier alpha value is -1.39. The molecule has 15 heavy (non-hydrogen) atoms. The van der Waals surface area contributed by atoms with E-state index in [1.807, 2.05) is 0 Å². The van der Waals surface area contributed by atoms with Gasteiger partial charge >= 0.3 is 0 Å². The van der Waals surface area contributed by atoms with Gasteiger partial charge in [-0.05, 0) is 17.7 Å². The number of amides is 1. The summed E-state index contributed by atoms with van der Waals surface area (Å²) in [4.78, 5) is 10.8. The Morgan fingerprint density at radius 2 is 1.80 bits per heavy atom. The van der Waals surface area contributed by atoms with Crippen molar-refractivity contribution in [1.29, 1.82) is 0 Å². The van der Waals surface area contributed by atoms with Crippen molar-refractivity contribution in [2.24, 2.45) is 0 Å². The van der Waals surface area contributed by atoms with E-state index in [1.54, 1.807) is 24.3 Å². The molecule has 1 amide bonds. The van der Waals surface area contributed by atoms with Crippen molar-refractivity contribution in [1.82, 2.24) is 0 Å². The molecule has 0 unspecified atom stereocenters. The fraction of sp³-hybridized carbons (Fsp3) is 0.364. The Morgan fingerprint density at radius 1 is 1.27 bits per heavy atom. The lowest BCUT2D eigenvalue weighted by molar-refractivity contribution is -0.114. The molecular weight excluding hydrogens is 194 g/mol. The minimum Gasteiger partial charge on any atom is -0.396 e. The number of carbonyl (C=O) groups is 1. The summed E-state index contributed by atoms with van der Waals surface area (Å²) >= 11 is 0. The molecular formula is C11H15NO3. The van der Waals surface area contributed by atoms with Crippen molar-refractivity contribution < 1.29 is 15.0 Å². The van der Waals surface area contributed by atoms with E-state index in [2.05, 4.69) is 5.32 Å². The maximum Gasteiger partial charge on any atom is 0.221 e. The SMILES string of the molecule is CC(=O)Nc1ccc(C(CO)CO)cc1. The molecule has 0 spiro atoms. The van der Waals surface area contributed by atoms with Crippen LogP contribution >= 0.6 is 0 Å². The highest BCUT2D eigenvalue weighted by Gasteiger charge is 2.08. The fourth-order valence-electron chi connectivity index (χ4n) is 1.31. The number of benzene rings is 1. The summed E-state index contributed by atoms with van der Waals surface area (Å²) in [6.45, 7) is 1.27. The zero-order chi connectivity index (χ0) is 11.3. The Kier molecular flexibility index (Phi) is 4.27. The Balaban J connectivity index is 2.75. The summed E-state index contributed by atoms with van der Waals surface area (Å²) in [5.41, 5.74) is 1.56. The van der Waals surface area contributed by atoms with Gasteiger partial charge in [-0.2, -0.15) is 0 Å². The van der Waals surface area contributed by atoms with E-state index in [9.17, 15) is 4.79 Å². The standard InChI is InChI=1S/C11H15NO3/c1-8(15)12-11-4-2-9(3-5-11)10(6-13)7-14/h2-5,10,13-14H,6-7H2,1H3,(H,12,15). The van der Waals surface area contributed by atoms with Gasteiger partial charge < -0.3 is 15.5 Å². The maximum absolute atomic E-state index is 10.8. The summed E-state index contributed by atoms with van der Waals surface area (Å²) in [5, 5.41) is 20.6. The first kappa shape index (κ1) is 11.7. The van der Waals surface area contributed by atoms with Crippen LogP contribution in [0, 0.1) is 0 Å². The summed E-state index contributed by atoms with van der Waals surface area (Å²) in [6, 6.07) is 7.05. The predicted molar refractivity (Wildman–Crippen MR) is 57.7 cm³/mol. The number of aliphatic hydroxyl groups excluding tert-OH is 2. The van der Waals surface area contributed by atoms with Gasteiger partial charge in [0.05, 0.1) is 13.2 Å². The molecule has 0 aromatic heterocycles. The number of aliphatic hydroxyl groups is 2. The van der Waals surface area contributed by atoms with Gasteiger partial charge in [0.2, 0.25) is 5.91 Å². The molecule has 4 nitrogen and oxygen atoms in total. The molecule has 1 aromatic rings. The Bertz CT molecular complexity index is 317. The second-order valence-electron chi connectivity index (χ2n) is 3.37. The molecule has 82 valence electrons. The molecule has 0 radical (unpaired) electrons. The van der Waals surface area contributed by atoms with E-state index in [0.717, 1.165) is 5.56 Å². The van der Waals surface area contributed by atoms with Crippen LogP contribution in [0.1, 0.15) is 18.4 Å². The zero-order valence-corrected chi connectivity index (χ0v) is 8.60. The summed E-state index contributed by atoms with van der Waals surface area (Å²) in [5.74, 6) is -0.375. The lowest BCUT2D eigenvalue weighted by Crippen LogP contribution is -2.09. The van der Waals surface area contributed by atoms with E-state index in [-0.39, 0.29) is 25.0 Å². The second kappa shape index (κ2) is 5.48. The number of hydrogen-bond acceptors (Lipinski definition) is 3. The van der Waals surface area contributed by atoms with Crippen molar-refractivity contribution in [3.63, 3.8) is 0 Å². The van der Waals surface area contributed by atoms with Crippen molar-refractivity contribution >= 4 is 11.6 Å². The van der Waals surface area contributed by atoms with Crippen LogP contribution in [0.5, 0.6) is 0 Å². The highest BCUT2D eigenvalue weighted by molar-refractivity contribution is 5.88. The third-order valence-corrected chi connectivity index (χ3v) is 2.14. The third kappa shape index (κ3) is 3.34. The van der Waals surface area contributed by atoms with Gasteiger partial charge in [0, 0.05) is 18.5 Å². The quantitative estimate of drug-likeness (QED) is 0.684. The van der Waals surface area contributed by atoms with Gasteiger partial charge in [0.25, 0.3) is 0 Å². The van der Waals surface area contributed by atoms with Crippen molar-refractivity contribution in [3.05, 3.63) is 29.8 Å². The smallest absolute Gasteiger partial charge is 0.221 e. The summed E-state index contributed by atoms with van der Waals surface area (Å²) < 4.78 is 0. The highest BCUT2D eigenvalue weighted by atomic mass is 16.3. The first-order valence-corrected chi connectivity index (χ1v) is 4.76. The average Bonchev–Trinajstić information content (AvgIpc) is 2.21. The second-order valence-corrected chi connectivity index (χ2v) is 3.37. The van der Waals surface area contributed by atoms with Gasteiger partial charge in [-0.15, -0.1) is 0 Å².